The van der Waals surface area contributed by atoms with E-state index in [0.29, 0.717) is 22.7 Å². The van der Waals surface area contributed by atoms with Gasteiger partial charge in [-0.2, -0.15) is 0 Å². The highest BCUT2D eigenvalue weighted by Crippen LogP contribution is 2.51. The summed E-state index contributed by atoms with van der Waals surface area (Å²) in [6, 6.07) is 5.52. The summed E-state index contributed by atoms with van der Waals surface area (Å²) in [6.45, 7) is 6.17. The number of carboxylic acid groups (broad SMARTS) is 2. The molecule has 3 heterocycles. The molecule has 5 rings (SSSR count). The number of aliphatic carboxylic acids is 2. The largest absolute Gasteiger partial charge is 0.479 e. The maximum atomic E-state index is 12.9. The summed E-state index contributed by atoms with van der Waals surface area (Å²) in [5.74, 6) is -0.722. The fourth-order valence-corrected chi connectivity index (χ4v) is 5.91. The van der Waals surface area contributed by atoms with E-state index in [0.717, 1.165) is 47.4 Å². The number of amides is 1. The van der Waals surface area contributed by atoms with Gasteiger partial charge in [-0.15, -0.1) is 0 Å². The lowest BCUT2D eigenvalue weighted by Gasteiger charge is -2.28. The molecular weight excluding hydrogens is 576 g/mol. The number of pyridine rings is 1. The minimum absolute atomic E-state index is 0.0709. The molecule has 1 saturated carbocycles. The van der Waals surface area contributed by atoms with E-state index >= 15 is 0 Å². The van der Waals surface area contributed by atoms with Crippen LogP contribution >= 0.6 is 15.9 Å². The van der Waals surface area contributed by atoms with Crippen molar-refractivity contribution in [1.29, 1.82) is 0 Å². The molecule has 2 saturated heterocycles. The average molecular weight is 609 g/mol. The Morgan fingerprint density at radius 2 is 1.74 bits per heavy atom. The minimum atomic E-state index is -2.27. The number of benzene rings is 1. The molecule has 12 nitrogen and oxygen atoms in total. The molecule has 39 heavy (non-hydrogen) atoms. The number of aromatic nitrogens is 1. The van der Waals surface area contributed by atoms with Crippen molar-refractivity contribution in [3.8, 4) is 0 Å². The highest BCUT2D eigenvalue weighted by atomic mass is 79.9. The Hall–Kier alpha value is -2.84. The van der Waals surface area contributed by atoms with Crippen LogP contribution in [0.15, 0.2) is 28.9 Å². The third-order valence-corrected chi connectivity index (χ3v) is 8.39. The standard InChI is InChI=1S/C22H27BrN4O2.C4H6O6/c23-19-8-15(21-14(20(19)24)2-1-5-25-21)22(28)26-9-16-17-11-27(12-18(16)17)10-13-3-6-29-7-4-13;5-1(3(7)8)2(6)4(9)10/h1-2,5,8,13,16-18H,3-4,6-7,9-12,24H2,(H,26,28);1-2,5-6H,(H,7,8)(H,9,10). The van der Waals surface area contributed by atoms with Gasteiger partial charge < -0.3 is 41.1 Å². The number of rotatable bonds is 8. The second-order valence-electron chi connectivity index (χ2n) is 10.3. The third-order valence-electron chi connectivity index (χ3n) is 7.73. The number of likely N-dealkylation sites (tertiary alicyclic amines) is 1. The van der Waals surface area contributed by atoms with Crippen molar-refractivity contribution in [2.75, 3.05) is 45.1 Å². The second-order valence-corrected chi connectivity index (χ2v) is 11.1. The monoisotopic (exact) mass is 608 g/mol. The van der Waals surface area contributed by atoms with Crippen LogP contribution < -0.4 is 11.1 Å². The average Bonchev–Trinajstić information content (AvgIpc) is 3.39. The summed E-state index contributed by atoms with van der Waals surface area (Å²) in [4.78, 5) is 39.4. The number of aliphatic hydroxyl groups is 2. The summed E-state index contributed by atoms with van der Waals surface area (Å²) >= 11 is 3.47. The molecule has 2 aliphatic heterocycles. The van der Waals surface area contributed by atoms with Crippen LogP contribution in [0.1, 0.15) is 23.2 Å². The van der Waals surface area contributed by atoms with E-state index in [1.807, 2.05) is 12.1 Å². The lowest BCUT2D eigenvalue weighted by atomic mass is 9.99. The van der Waals surface area contributed by atoms with Crippen LogP contribution in [0.4, 0.5) is 5.69 Å². The Morgan fingerprint density at radius 1 is 1.13 bits per heavy atom. The number of piperidine rings is 1. The van der Waals surface area contributed by atoms with Gasteiger partial charge in [0.05, 0.1) is 16.8 Å². The lowest BCUT2D eigenvalue weighted by molar-refractivity contribution is -0.165. The number of carboxylic acids is 2. The van der Waals surface area contributed by atoms with Crippen LogP contribution in [-0.4, -0.2) is 99.8 Å². The van der Waals surface area contributed by atoms with Gasteiger partial charge in [0.2, 0.25) is 0 Å². The number of carbonyl (C=O) groups excluding carboxylic acids is 1. The number of nitrogens with zero attached hydrogens (tertiary/aromatic N) is 2. The number of hydrogen-bond acceptors (Lipinski definition) is 9. The van der Waals surface area contributed by atoms with E-state index in [1.54, 1.807) is 12.3 Å². The summed E-state index contributed by atoms with van der Waals surface area (Å²) in [5.41, 5.74) is 7.98. The van der Waals surface area contributed by atoms with Crippen molar-refractivity contribution < 1.29 is 39.5 Å². The molecule has 4 atom stereocenters. The summed E-state index contributed by atoms with van der Waals surface area (Å²) in [7, 11) is 0. The molecule has 7 N–H and O–H groups in total. The lowest BCUT2D eigenvalue weighted by Crippen LogP contribution is -2.39. The predicted octanol–water partition coefficient (Wildman–Crippen LogP) is 0.791. The summed E-state index contributed by atoms with van der Waals surface area (Å²) in [5, 5.41) is 36.5. The molecule has 0 bridgehead atoms. The molecule has 3 fully saturated rings. The fourth-order valence-electron chi connectivity index (χ4n) is 5.47. The Labute approximate surface area is 233 Å². The number of halogens is 1. The fraction of sp³-hybridized carbons (Fsp3) is 0.538. The van der Waals surface area contributed by atoms with E-state index in [1.165, 1.54) is 32.5 Å². The zero-order chi connectivity index (χ0) is 28.3. The zero-order valence-electron chi connectivity index (χ0n) is 21.2. The SMILES string of the molecule is Nc1c(Br)cc(C(=O)NCC2C3CN(CC4CCOCC4)CC23)c2ncccc12.O=C(O)C(O)C(O)C(=O)O. The molecule has 0 radical (unpaired) electrons. The number of fused-ring (bicyclic) bond motifs is 2. The summed E-state index contributed by atoms with van der Waals surface area (Å²) < 4.78 is 6.20. The number of carbonyl (C=O) groups is 3. The van der Waals surface area contributed by atoms with Crippen LogP contribution in [-0.2, 0) is 14.3 Å². The first-order valence-electron chi connectivity index (χ1n) is 12.8. The third kappa shape index (κ3) is 6.84. The van der Waals surface area contributed by atoms with Gasteiger partial charge in [-0.1, -0.05) is 0 Å². The molecule has 0 spiro atoms. The van der Waals surface area contributed by atoms with Gasteiger partial charge >= 0.3 is 11.9 Å². The normalized spacial score (nSPS) is 24.2. The number of nitrogen functional groups attached to an aromatic ring is 1. The van der Waals surface area contributed by atoms with Gasteiger partial charge in [0, 0.05) is 55.4 Å². The first-order chi connectivity index (χ1) is 18.6. The highest BCUT2D eigenvalue weighted by Gasteiger charge is 2.55. The summed E-state index contributed by atoms with van der Waals surface area (Å²) in [6.07, 6.45) is -0.435. The van der Waals surface area contributed by atoms with E-state index in [9.17, 15) is 14.4 Å². The first kappa shape index (κ1) is 29.2. The van der Waals surface area contributed by atoms with Crippen molar-refractivity contribution in [3.63, 3.8) is 0 Å². The van der Waals surface area contributed by atoms with Crippen LogP contribution in [0.3, 0.4) is 0 Å². The van der Waals surface area contributed by atoms with Crippen LogP contribution in [0.5, 0.6) is 0 Å². The first-order valence-corrected chi connectivity index (χ1v) is 13.6. The van der Waals surface area contributed by atoms with Gasteiger partial charge in [0.25, 0.3) is 5.91 Å². The van der Waals surface area contributed by atoms with Crippen molar-refractivity contribution in [2.45, 2.75) is 25.0 Å². The molecular formula is C26H33BrN4O8. The predicted molar refractivity (Wildman–Crippen MR) is 144 cm³/mol. The Morgan fingerprint density at radius 3 is 2.33 bits per heavy atom. The van der Waals surface area contributed by atoms with Crippen molar-refractivity contribution in [2.24, 2.45) is 23.7 Å². The molecule has 1 aromatic carbocycles. The Bertz CT molecular complexity index is 1190. The van der Waals surface area contributed by atoms with Gasteiger partial charge in [-0.3, -0.25) is 9.78 Å². The molecule has 13 heteroatoms. The number of ether oxygens (including phenoxy) is 1. The number of anilines is 1. The number of aliphatic hydroxyl groups excluding tert-OH is 2. The minimum Gasteiger partial charge on any atom is -0.479 e. The van der Waals surface area contributed by atoms with Crippen molar-refractivity contribution >= 4 is 50.4 Å². The Balaban J connectivity index is 0.000000303. The molecule has 1 amide bonds. The van der Waals surface area contributed by atoms with E-state index in [4.69, 9.17) is 30.9 Å². The van der Waals surface area contributed by atoms with Gasteiger partial charge in [0.1, 0.15) is 0 Å². The number of nitrogens with one attached hydrogen (secondary N) is 1. The molecule has 1 aromatic heterocycles. The number of hydrogen-bond donors (Lipinski definition) is 6. The van der Waals surface area contributed by atoms with Gasteiger partial charge in [-0.05, 0) is 70.6 Å². The molecule has 2 aromatic rings. The van der Waals surface area contributed by atoms with Crippen LogP contribution in [0, 0.1) is 23.7 Å². The van der Waals surface area contributed by atoms with E-state index < -0.39 is 24.1 Å². The van der Waals surface area contributed by atoms with Gasteiger partial charge in [0.15, 0.2) is 12.2 Å². The molecule has 3 aliphatic rings. The Kier molecular flexibility index (Phi) is 9.39. The van der Waals surface area contributed by atoms with E-state index in [2.05, 4.69) is 31.1 Å². The van der Waals surface area contributed by atoms with Crippen LogP contribution in [0.25, 0.3) is 10.9 Å². The zero-order valence-corrected chi connectivity index (χ0v) is 22.8. The molecule has 212 valence electrons. The number of nitrogens with two attached hydrogens (primary N) is 1. The van der Waals surface area contributed by atoms with Crippen molar-refractivity contribution in [1.82, 2.24) is 15.2 Å². The topological polar surface area (TPSA) is 196 Å². The smallest absolute Gasteiger partial charge is 0.335 e. The maximum absolute atomic E-state index is 12.9. The maximum Gasteiger partial charge on any atom is 0.335 e. The van der Waals surface area contributed by atoms with Crippen molar-refractivity contribution in [3.05, 3.63) is 34.4 Å². The van der Waals surface area contributed by atoms with Crippen LogP contribution in [0.2, 0.25) is 0 Å². The van der Waals surface area contributed by atoms with Gasteiger partial charge in [-0.25, -0.2) is 9.59 Å². The molecule has 1 aliphatic carbocycles. The molecule has 4 unspecified atom stereocenters. The highest BCUT2D eigenvalue weighted by molar-refractivity contribution is 9.10. The quantitative estimate of drug-likeness (QED) is 0.232. The van der Waals surface area contributed by atoms with E-state index in [-0.39, 0.29) is 5.91 Å². The second kappa shape index (κ2) is 12.6.